The number of halogens is 2. The summed E-state index contributed by atoms with van der Waals surface area (Å²) >= 11 is 9.57. The van der Waals surface area contributed by atoms with Gasteiger partial charge in [0.2, 0.25) is 0 Å². The van der Waals surface area contributed by atoms with Crippen LogP contribution in [0, 0.1) is 13.8 Å². The summed E-state index contributed by atoms with van der Waals surface area (Å²) in [7, 11) is 0. The second-order valence-electron chi connectivity index (χ2n) is 4.14. The molecule has 2 rings (SSSR count). The van der Waals surface area contributed by atoms with Gasteiger partial charge in [-0.3, -0.25) is 0 Å². The molecule has 0 aliphatic heterocycles. The molecule has 0 unspecified atom stereocenters. The lowest BCUT2D eigenvalue weighted by molar-refractivity contribution is 0.392. The largest absolute Gasteiger partial charge is 0.361 e. The van der Waals surface area contributed by atoms with Gasteiger partial charge in [-0.1, -0.05) is 32.7 Å². The van der Waals surface area contributed by atoms with E-state index in [-0.39, 0.29) is 0 Å². The molecule has 0 atom stereocenters. The zero-order chi connectivity index (χ0) is 13.1. The monoisotopic (exact) mass is 328 g/mol. The molecule has 18 heavy (non-hydrogen) atoms. The fourth-order valence-electron chi connectivity index (χ4n) is 1.76. The molecule has 2 aromatic rings. The number of hydrogen-bond donors (Lipinski definition) is 1. The van der Waals surface area contributed by atoms with Crippen molar-refractivity contribution in [1.29, 1.82) is 0 Å². The van der Waals surface area contributed by atoms with Crippen LogP contribution in [-0.2, 0) is 13.1 Å². The van der Waals surface area contributed by atoms with Crippen LogP contribution in [-0.4, -0.2) is 5.16 Å². The molecule has 3 nitrogen and oxygen atoms in total. The molecule has 1 aromatic carbocycles. The molecule has 0 fully saturated rings. The van der Waals surface area contributed by atoms with Crippen molar-refractivity contribution in [2.45, 2.75) is 26.9 Å². The van der Waals surface area contributed by atoms with E-state index in [0.29, 0.717) is 6.54 Å². The highest BCUT2D eigenvalue weighted by Crippen LogP contribution is 2.21. The summed E-state index contributed by atoms with van der Waals surface area (Å²) in [6, 6.07) is 5.83. The summed E-state index contributed by atoms with van der Waals surface area (Å²) < 4.78 is 6.15. The highest BCUT2D eigenvalue weighted by molar-refractivity contribution is 9.10. The normalized spacial score (nSPS) is 10.9. The van der Waals surface area contributed by atoms with E-state index < -0.39 is 0 Å². The first-order valence-electron chi connectivity index (χ1n) is 5.64. The quantitative estimate of drug-likeness (QED) is 0.921. The maximum Gasteiger partial charge on any atom is 0.138 e. The minimum Gasteiger partial charge on any atom is -0.361 e. The Hall–Kier alpha value is -0.840. The SMILES string of the molecule is Cc1noc(C)c1CNCc1cc(Br)ccc1Cl. The summed E-state index contributed by atoms with van der Waals surface area (Å²) in [5.74, 6) is 0.861. The lowest BCUT2D eigenvalue weighted by Gasteiger charge is -2.07. The van der Waals surface area contributed by atoms with E-state index in [1.54, 1.807) is 0 Å². The van der Waals surface area contributed by atoms with Crippen molar-refractivity contribution in [1.82, 2.24) is 10.5 Å². The summed E-state index contributed by atoms with van der Waals surface area (Å²) in [6.45, 7) is 5.30. The Morgan fingerprint density at radius 1 is 1.33 bits per heavy atom. The maximum absolute atomic E-state index is 6.13. The zero-order valence-electron chi connectivity index (χ0n) is 10.3. The Bertz CT molecular complexity index is 534. The van der Waals surface area contributed by atoms with Crippen molar-refractivity contribution in [2.24, 2.45) is 0 Å². The van der Waals surface area contributed by atoms with Gasteiger partial charge in [0.05, 0.1) is 5.69 Å². The van der Waals surface area contributed by atoms with Gasteiger partial charge in [-0.05, 0) is 37.6 Å². The smallest absolute Gasteiger partial charge is 0.138 e. The summed E-state index contributed by atoms with van der Waals surface area (Å²) in [6.07, 6.45) is 0. The third-order valence-corrected chi connectivity index (χ3v) is 3.67. The summed E-state index contributed by atoms with van der Waals surface area (Å²) in [5, 5.41) is 8.04. The number of aryl methyl sites for hydroxylation is 2. The molecular formula is C13H14BrClN2O. The van der Waals surface area contributed by atoms with E-state index in [1.807, 2.05) is 32.0 Å². The van der Waals surface area contributed by atoms with Gasteiger partial charge < -0.3 is 9.84 Å². The minimum absolute atomic E-state index is 0.711. The van der Waals surface area contributed by atoms with Crippen molar-refractivity contribution in [3.63, 3.8) is 0 Å². The van der Waals surface area contributed by atoms with Crippen LogP contribution in [0.2, 0.25) is 5.02 Å². The van der Waals surface area contributed by atoms with Crippen LogP contribution < -0.4 is 5.32 Å². The number of aromatic nitrogens is 1. The third-order valence-electron chi connectivity index (χ3n) is 2.81. The van der Waals surface area contributed by atoms with Crippen LogP contribution in [0.5, 0.6) is 0 Å². The second-order valence-corrected chi connectivity index (χ2v) is 5.46. The molecule has 0 spiro atoms. The molecule has 0 bridgehead atoms. The van der Waals surface area contributed by atoms with Gasteiger partial charge in [-0.15, -0.1) is 0 Å². The van der Waals surface area contributed by atoms with Gasteiger partial charge in [0, 0.05) is 28.1 Å². The minimum atomic E-state index is 0.711. The highest BCUT2D eigenvalue weighted by Gasteiger charge is 2.08. The van der Waals surface area contributed by atoms with Gasteiger partial charge >= 0.3 is 0 Å². The van der Waals surface area contributed by atoms with Gasteiger partial charge in [0.25, 0.3) is 0 Å². The van der Waals surface area contributed by atoms with Crippen LogP contribution in [0.4, 0.5) is 0 Å². The molecule has 0 aliphatic rings. The van der Waals surface area contributed by atoms with Gasteiger partial charge in [0.1, 0.15) is 5.76 Å². The van der Waals surface area contributed by atoms with Crippen molar-refractivity contribution in [3.05, 3.63) is 50.3 Å². The summed E-state index contributed by atoms with van der Waals surface area (Å²) in [5.41, 5.74) is 3.11. The first-order valence-corrected chi connectivity index (χ1v) is 6.81. The van der Waals surface area contributed by atoms with Crippen LogP contribution >= 0.6 is 27.5 Å². The number of nitrogens with zero attached hydrogens (tertiary/aromatic N) is 1. The van der Waals surface area contributed by atoms with Crippen molar-refractivity contribution < 1.29 is 4.52 Å². The molecule has 1 heterocycles. The van der Waals surface area contributed by atoms with Crippen LogP contribution in [0.25, 0.3) is 0 Å². The van der Waals surface area contributed by atoms with Crippen molar-refractivity contribution in [2.75, 3.05) is 0 Å². The molecule has 0 saturated carbocycles. The fraction of sp³-hybridized carbons (Fsp3) is 0.308. The molecule has 1 aromatic heterocycles. The molecule has 96 valence electrons. The Morgan fingerprint density at radius 2 is 2.11 bits per heavy atom. The number of benzene rings is 1. The predicted octanol–water partition coefficient (Wildman–Crippen LogP) is 4.00. The third kappa shape index (κ3) is 3.13. The van der Waals surface area contributed by atoms with E-state index in [2.05, 4.69) is 26.4 Å². The highest BCUT2D eigenvalue weighted by atomic mass is 79.9. The molecule has 0 aliphatic carbocycles. The Balaban J connectivity index is 1.98. The van der Waals surface area contributed by atoms with Crippen LogP contribution in [0.15, 0.2) is 27.2 Å². The summed E-state index contributed by atoms with van der Waals surface area (Å²) in [4.78, 5) is 0. The van der Waals surface area contributed by atoms with Gasteiger partial charge in [0.15, 0.2) is 0 Å². The van der Waals surface area contributed by atoms with Gasteiger partial charge in [-0.25, -0.2) is 0 Å². The molecule has 0 saturated heterocycles. The zero-order valence-corrected chi connectivity index (χ0v) is 12.6. The van der Waals surface area contributed by atoms with Crippen molar-refractivity contribution in [3.8, 4) is 0 Å². The average Bonchev–Trinajstić information content (AvgIpc) is 2.65. The lowest BCUT2D eigenvalue weighted by Crippen LogP contribution is -2.14. The molecule has 5 heteroatoms. The van der Waals surface area contributed by atoms with E-state index in [9.17, 15) is 0 Å². The van der Waals surface area contributed by atoms with E-state index in [0.717, 1.165) is 38.6 Å². The number of rotatable bonds is 4. The van der Waals surface area contributed by atoms with Crippen LogP contribution in [0.3, 0.4) is 0 Å². The lowest BCUT2D eigenvalue weighted by atomic mass is 10.2. The number of hydrogen-bond acceptors (Lipinski definition) is 3. The first kappa shape index (κ1) is 13.6. The van der Waals surface area contributed by atoms with E-state index in [4.69, 9.17) is 16.1 Å². The Labute approximate surface area is 120 Å². The molecular weight excluding hydrogens is 316 g/mol. The molecule has 0 radical (unpaired) electrons. The second kappa shape index (κ2) is 5.87. The Kier molecular flexibility index (Phi) is 4.43. The molecule has 1 N–H and O–H groups in total. The molecule has 0 amide bonds. The van der Waals surface area contributed by atoms with Crippen molar-refractivity contribution >= 4 is 27.5 Å². The average molecular weight is 330 g/mol. The predicted molar refractivity (Wildman–Crippen MR) is 75.7 cm³/mol. The maximum atomic E-state index is 6.13. The van der Waals surface area contributed by atoms with E-state index >= 15 is 0 Å². The fourth-order valence-corrected chi connectivity index (χ4v) is 2.35. The topological polar surface area (TPSA) is 38.1 Å². The standard InChI is InChI=1S/C13H14BrClN2O/c1-8-12(9(2)18-17-8)7-16-6-10-5-11(14)3-4-13(10)15/h3-5,16H,6-7H2,1-2H3. The Morgan fingerprint density at radius 3 is 2.78 bits per heavy atom. The number of nitrogens with one attached hydrogen (secondary N) is 1. The van der Waals surface area contributed by atoms with Gasteiger partial charge in [-0.2, -0.15) is 0 Å². The van der Waals surface area contributed by atoms with E-state index in [1.165, 1.54) is 0 Å². The van der Waals surface area contributed by atoms with Crippen LogP contribution in [0.1, 0.15) is 22.6 Å². The first-order chi connectivity index (χ1) is 8.58.